The lowest BCUT2D eigenvalue weighted by Crippen LogP contribution is -1.99. The highest BCUT2D eigenvalue weighted by Gasteiger charge is 2.11. The molecule has 1 aromatic rings. The second-order valence-electron chi connectivity index (χ2n) is 2.36. The van der Waals surface area contributed by atoms with Gasteiger partial charge in [-0.25, -0.2) is 9.18 Å². The first-order chi connectivity index (χ1) is 6.06. The van der Waals surface area contributed by atoms with Gasteiger partial charge in [-0.05, 0) is 12.1 Å². The summed E-state index contributed by atoms with van der Waals surface area (Å²) in [6.45, 7) is 0. The van der Waals surface area contributed by atoms with Crippen molar-refractivity contribution >= 4 is 37.8 Å². The summed E-state index contributed by atoms with van der Waals surface area (Å²) in [6.07, 6.45) is 0. The molecule has 0 bridgehead atoms. The van der Waals surface area contributed by atoms with E-state index < -0.39 is 11.8 Å². The number of hydrogen-bond acceptors (Lipinski definition) is 1. The van der Waals surface area contributed by atoms with Crippen LogP contribution in [0.4, 0.5) is 4.39 Å². The molecule has 5 heteroatoms. The van der Waals surface area contributed by atoms with Gasteiger partial charge in [-0.2, -0.15) is 0 Å². The summed E-state index contributed by atoms with van der Waals surface area (Å²) in [5, 5.41) is 8.94. The zero-order valence-electron chi connectivity index (χ0n) is 6.35. The van der Waals surface area contributed by atoms with Crippen molar-refractivity contribution in [2.45, 2.75) is 5.33 Å². The number of carboxylic acid groups (broad SMARTS) is 1. The number of rotatable bonds is 2. The van der Waals surface area contributed by atoms with Crippen LogP contribution in [0.1, 0.15) is 15.9 Å². The number of alkyl halides is 1. The Bertz CT molecular complexity index is 329. The van der Waals surface area contributed by atoms with Crippen LogP contribution in [0.5, 0.6) is 0 Å². The fraction of sp³-hybridized carbons (Fsp3) is 0.125. The van der Waals surface area contributed by atoms with Gasteiger partial charge < -0.3 is 5.11 Å². The topological polar surface area (TPSA) is 37.3 Å². The van der Waals surface area contributed by atoms with Crippen molar-refractivity contribution in [3.05, 3.63) is 33.5 Å². The summed E-state index contributed by atoms with van der Waals surface area (Å²) in [6, 6.07) is 2.38. The Hall–Kier alpha value is -0.420. The summed E-state index contributed by atoms with van der Waals surface area (Å²) >= 11 is 6.20. The summed E-state index contributed by atoms with van der Waals surface area (Å²) in [7, 11) is 0. The Labute approximate surface area is 91.0 Å². The minimum Gasteiger partial charge on any atom is -0.478 e. The second kappa shape index (κ2) is 4.19. The molecule has 0 radical (unpaired) electrons. The number of halogens is 3. The number of carboxylic acids is 1. The Morgan fingerprint density at radius 1 is 1.54 bits per heavy atom. The highest BCUT2D eigenvalue weighted by Crippen LogP contribution is 2.24. The predicted molar refractivity (Wildman–Crippen MR) is 53.7 cm³/mol. The quantitative estimate of drug-likeness (QED) is 0.852. The molecule has 0 heterocycles. The molecule has 1 aromatic carbocycles. The lowest BCUT2D eigenvalue weighted by molar-refractivity contribution is 0.0696. The van der Waals surface area contributed by atoms with Gasteiger partial charge in [-0.3, -0.25) is 0 Å². The second-order valence-corrected chi connectivity index (χ2v) is 3.77. The van der Waals surface area contributed by atoms with E-state index in [1.54, 1.807) is 0 Å². The van der Waals surface area contributed by atoms with E-state index in [9.17, 15) is 9.18 Å². The maximum absolute atomic E-state index is 13.1. The molecule has 13 heavy (non-hydrogen) atoms. The molecule has 0 saturated carbocycles. The molecule has 0 spiro atoms. The first kappa shape index (κ1) is 10.7. The molecule has 0 fully saturated rings. The van der Waals surface area contributed by atoms with Gasteiger partial charge in [-0.15, -0.1) is 0 Å². The largest absolute Gasteiger partial charge is 0.478 e. The maximum Gasteiger partial charge on any atom is 0.335 e. The van der Waals surface area contributed by atoms with E-state index in [-0.39, 0.29) is 5.56 Å². The molecule has 1 N–H and O–H groups in total. The van der Waals surface area contributed by atoms with Crippen molar-refractivity contribution in [3.8, 4) is 0 Å². The van der Waals surface area contributed by atoms with Gasteiger partial charge in [0.2, 0.25) is 0 Å². The summed E-state index contributed by atoms with van der Waals surface area (Å²) < 4.78 is 13.6. The van der Waals surface area contributed by atoms with Gasteiger partial charge in [0.15, 0.2) is 0 Å². The van der Waals surface area contributed by atoms with Gasteiger partial charge in [0.1, 0.15) is 5.82 Å². The SMILES string of the molecule is O=C(O)c1cc(F)c(CBr)c(Br)c1. The molecule has 0 aliphatic rings. The molecular weight excluding hydrogens is 307 g/mol. The molecule has 0 aromatic heterocycles. The van der Waals surface area contributed by atoms with Gasteiger partial charge in [0.25, 0.3) is 0 Å². The smallest absolute Gasteiger partial charge is 0.335 e. The predicted octanol–water partition coefficient (Wildman–Crippen LogP) is 3.18. The fourth-order valence-corrected chi connectivity index (χ4v) is 2.38. The van der Waals surface area contributed by atoms with Crippen LogP contribution in [0.25, 0.3) is 0 Å². The molecule has 0 unspecified atom stereocenters. The van der Waals surface area contributed by atoms with Crippen molar-refractivity contribution in [2.75, 3.05) is 0 Å². The molecule has 0 aliphatic heterocycles. The lowest BCUT2D eigenvalue weighted by Gasteiger charge is -2.03. The number of benzene rings is 1. The Morgan fingerprint density at radius 3 is 2.54 bits per heavy atom. The van der Waals surface area contributed by atoms with Crippen LogP contribution < -0.4 is 0 Å². The third-order valence-corrected chi connectivity index (χ3v) is 2.79. The van der Waals surface area contributed by atoms with E-state index in [2.05, 4.69) is 31.9 Å². The normalized spacial score (nSPS) is 10.1. The first-order valence-electron chi connectivity index (χ1n) is 3.33. The third kappa shape index (κ3) is 2.28. The molecule has 0 amide bonds. The minimum absolute atomic E-state index is 0.0610. The zero-order chi connectivity index (χ0) is 10.0. The fourth-order valence-electron chi connectivity index (χ4n) is 0.854. The van der Waals surface area contributed by atoms with Crippen molar-refractivity contribution in [2.24, 2.45) is 0 Å². The molecular formula is C8H5Br2FO2. The van der Waals surface area contributed by atoms with Gasteiger partial charge in [0, 0.05) is 15.4 Å². The molecule has 1 rings (SSSR count). The van der Waals surface area contributed by atoms with Crippen LogP contribution >= 0.6 is 31.9 Å². The maximum atomic E-state index is 13.1. The van der Waals surface area contributed by atoms with Crippen molar-refractivity contribution in [3.63, 3.8) is 0 Å². The van der Waals surface area contributed by atoms with E-state index in [4.69, 9.17) is 5.11 Å². The van der Waals surface area contributed by atoms with Crippen LogP contribution in [-0.2, 0) is 5.33 Å². The van der Waals surface area contributed by atoms with Crippen LogP contribution in [0.3, 0.4) is 0 Å². The minimum atomic E-state index is -1.14. The third-order valence-electron chi connectivity index (χ3n) is 1.52. The average Bonchev–Trinajstić information content (AvgIpc) is 2.03. The van der Waals surface area contributed by atoms with Gasteiger partial charge in [-0.1, -0.05) is 31.9 Å². The summed E-state index contributed by atoms with van der Waals surface area (Å²) in [5.74, 6) is -1.66. The van der Waals surface area contributed by atoms with E-state index in [1.165, 1.54) is 6.07 Å². The van der Waals surface area contributed by atoms with Crippen molar-refractivity contribution in [1.29, 1.82) is 0 Å². The van der Waals surface area contributed by atoms with Crippen LogP contribution in [0.2, 0.25) is 0 Å². The number of hydrogen-bond donors (Lipinski definition) is 1. The molecule has 0 saturated heterocycles. The molecule has 0 atom stereocenters. The highest BCUT2D eigenvalue weighted by atomic mass is 79.9. The van der Waals surface area contributed by atoms with Crippen molar-refractivity contribution < 1.29 is 14.3 Å². The average molecular weight is 312 g/mol. The van der Waals surface area contributed by atoms with Gasteiger partial charge in [0.05, 0.1) is 5.56 Å². The van der Waals surface area contributed by atoms with E-state index in [0.717, 1.165) is 6.07 Å². The molecule has 70 valence electrons. The van der Waals surface area contributed by atoms with Crippen LogP contribution in [0, 0.1) is 5.82 Å². The Kier molecular flexibility index (Phi) is 3.44. The first-order valence-corrected chi connectivity index (χ1v) is 5.25. The van der Waals surface area contributed by atoms with E-state index >= 15 is 0 Å². The zero-order valence-corrected chi connectivity index (χ0v) is 9.52. The summed E-state index contributed by atoms with van der Waals surface area (Å²) in [4.78, 5) is 10.5. The van der Waals surface area contributed by atoms with E-state index in [1.807, 2.05) is 0 Å². The number of carbonyl (C=O) groups is 1. The van der Waals surface area contributed by atoms with E-state index in [0.29, 0.717) is 15.4 Å². The molecule has 0 aliphatic carbocycles. The lowest BCUT2D eigenvalue weighted by atomic mass is 10.1. The Balaban J connectivity index is 3.28. The van der Waals surface area contributed by atoms with Crippen molar-refractivity contribution in [1.82, 2.24) is 0 Å². The van der Waals surface area contributed by atoms with Crippen LogP contribution in [0.15, 0.2) is 16.6 Å². The number of aromatic carboxylic acids is 1. The Morgan fingerprint density at radius 2 is 2.15 bits per heavy atom. The van der Waals surface area contributed by atoms with Gasteiger partial charge >= 0.3 is 5.97 Å². The highest BCUT2D eigenvalue weighted by molar-refractivity contribution is 9.10. The van der Waals surface area contributed by atoms with Crippen LogP contribution in [-0.4, -0.2) is 11.1 Å². The standard InChI is InChI=1S/C8H5Br2FO2/c9-3-5-6(10)1-4(8(12)13)2-7(5)11/h1-2H,3H2,(H,12,13). The monoisotopic (exact) mass is 310 g/mol. The summed E-state index contributed by atoms with van der Waals surface area (Å²) in [5.41, 5.74) is 0.360. The molecule has 2 nitrogen and oxygen atoms in total.